The summed E-state index contributed by atoms with van der Waals surface area (Å²) in [4.78, 5) is 10.5. The summed E-state index contributed by atoms with van der Waals surface area (Å²) < 4.78 is 1.03. The van der Waals surface area contributed by atoms with E-state index in [0.29, 0.717) is 5.02 Å². The van der Waals surface area contributed by atoms with Crippen LogP contribution in [0, 0.1) is 0 Å². The zero-order chi connectivity index (χ0) is 18.6. The van der Waals surface area contributed by atoms with Gasteiger partial charge in [-0.1, -0.05) is 93.5 Å². The fraction of sp³-hybridized carbons (Fsp3) is 0. The Morgan fingerprint density at radius 1 is 0.889 bits per heavy atom. The van der Waals surface area contributed by atoms with Gasteiger partial charge in [0.25, 0.3) is 0 Å². The largest absolute Gasteiger partial charge is 0.227 e. The van der Waals surface area contributed by atoms with Crippen LogP contribution in [0.15, 0.2) is 88.3 Å². The third-order valence-corrected chi connectivity index (χ3v) is 5.70. The van der Waals surface area contributed by atoms with Gasteiger partial charge in [0.05, 0.1) is 10.6 Å². The minimum atomic E-state index is 0.711. The summed E-state index contributed by atoms with van der Waals surface area (Å²) in [6.07, 6.45) is 1.84. The molecule has 0 aliphatic rings. The van der Waals surface area contributed by atoms with Crippen molar-refractivity contribution in [2.24, 2.45) is 4.99 Å². The maximum atomic E-state index is 6.05. The van der Waals surface area contributed by atoms with Crippen LogP contribution in [-0.4, -0.2) is 11.2 Å². The van der Waals surface area contributed by atoms with Crippen LogP contribution in [0.3, 0.4) is 0 Å². The van der Waals surface area contributed by atoms with E-state index < -0.39 is 0 Å². The number of benzene rings is 3. The van der Waals surface area contributed by atoms with Crippen LogP contribution in [-0.2, 0) is 0 Å². The summed E-state index contributed by atoms with van der Waals surface area (Å²) in [7, 11) is 0. The topological polar surface area (TPSA) is 25.2 Å². The molecule has 0 unspecified atom stereocenters. The van der Waals surface area contributed by atoms with Gasteiger partial charge < -0.3 is 0 Å². The molecule has 0 radical (unpaired) electrons. The molecule has 2 nitrogen and oxygen atoms in total. The van der Waals surface area contributed by atoms with Crippen molar-refractivity contribution >= 4 is 50.2 Å². The Labute approximate surface area is 175 Å². The molecule has 4 rings (SSSR count). The van der Waals surface area contributed by atoms with Gasteiger partial charge in [0.15, 0.2) is 0 Å². The summed E-state index contributed by atoms with van der Waals surface area (Å²) in [5.74, 6) is 0. The van der Waals surface area contributed by atoms with Crippen molar-refractivity contribution in [3.8, 4) is 21.7 Å². The molecule has 1 aromatic heterocycles. The molecule has 0 saturated heterocycles. The summed E-state index contributed by atoms with van der Waals surface area (Å²) in [6.45, 7) is 0. The predicted molar refractivity (Wildman–Crippen MR) is 119 cm³/mol. The minimum Gasteiger partial charge on any atom is -0.227 e. The average Bonchev–Trinajstić information content (AvgIpc) is 3.12. The summed E-state index contributed by atoms with van der Waals surface area (Å²) >= 11 is 11.1. The SMILES string of the molecule is Clc1ccc(-c2nc(N=Cc3cccc(Br)c3)sc2-c2ccccc2)cc1. The molecule has 0 aliphatic heterocycles. The number of hydrogen-bond acceptors (Lipinski definition) is 3. The molecule has 132 valence electrons. The van der Waals surface area contributed by atoms with E-state index in [4.69, 9.17) is 16.6 Å². The molecule has 0 saturated carbocycles. The number of nitrogens with zero attached hydrogens (tertiary/aromatic N) is 2. The van der Waals surface area contributed by atoms with Crippen molar-refractivity contribution in [2.75, 3.05) is 0 Å². The highest BCUT2D eigenvalue weighted by molar-refractivity contribution is 9.10. The lowest BCUT2D eigenvalue weighted by Gasteiger charge is -2.02. The quantitative estimate of drug-likeness (QED) is 0.291. The summed E-state index contributed by atoms with van der Waals surface area (Å²) in [5, 5.41) is 1.43. The Morgan fingerprint density at radius 3 is 2.41 bits per heavy atom. The van der Waals surface area contributed by atoms with Crippen LogP contribution in [0.4, 0.5) is 5.13 Å². The van der Waals surface area contributed by atoms with Gasteiger partial charge in [-0.25, -0.2) is 9.98 Å². The summed E-state index contributed by atoms with van der Waals surface area (Å²) in [5.41, 5.74) is 4.10. The fourth-order valence-electron chi connectivity index (χ4n) is 2.67. The Morgan fingerprint density at radius 2 is 1.67 bits per heavy atom. The van der Waals surface area contributed by atoms with Gasteiger partial charge in [-0.2, -0.15) is 0 Å². The van der Waals surface area contributed by atoms with E-state index in [2.05, 4.69) is 33.1 Å². The maximum absolute atomic E-state index is 6.05. The van der Waals surface area contributed by atoms with Crippen molar-refractivity contribution in [1.82, 2.24) is 4.98 Å². The van der Waals surface area contributed by atoms with Gasteiger partial charge in [-0.15, -0.1) is 0 Å². The Balaban J connectivity index is 1.76. The second kappa shape index (κ2) is 8.17. The second-order valence-electron chi connectivity index (χ2n) is 5.86. The molecular weight excluding hydrogens is 440 g/mol. The van der Waals surface area contributed by atoms with Crippen LogP contribution in [0.25, 0.3) is 21.7 Å². The number of halogens is 2. The molecule has 3 aromatic carbocycles. The molecular formula is C22H14BrClN2S. The fourth-order valence-corrected chi connectivity index (χ4v) is 4.15. The standard InChI is InChI=1S/C22H14BrClN2S/c23-18-8-4-5-15(13-18)14-25-22-26-20(16-9-11-19(24)12-10-16)21(27-22)17-6-2-1-3-7-17/h1-14H. The van der Waals surface area contributed by atoms with E-state index >= 15 is 0 Å². The first kappa shape index (κ1) is 18.1. The van der Waals surface area contributed by atoms with Crippen LogP contribution in [0.5, 0.6) is 0 Å². The Bertz CT molecular complexity index is 1090. The van der Waals surface area contributed by atoms with E-state index in [1.165, 1.54) is 0 Å². The third-order valence-electron chi connectivity index (χ3n) is 3.94. The molecule has 0 fully saturated rings. The van der Waals surface area contributed by atoms with Crippen LogP contribution >= 0.6 is 38.9 Å². The molecule has 27 heavy (non-hydrogen) atoms. The van der Waals surface area contributed by atoms with Gasteiger partial charge in [-0.3, -0.25) is 0 Å². The number of hydrogen-bond donors (Lipinski definition) is 0. The molecule has 0 N–H and O–H groups in total. The second-order valence-corrected chi connectivity index (χ2v) is 8.19. The molecule has 5 heteroatoms. The van der Waals surface area contributed by atoms with E-state index in [1.807, 2.05) is 72.9 Å². The van der Waals surface area contributed by atoms with Crippen molar-refractivity contribution in [3.63, 3.8) is 0 Å². The highest BCUT2D eigenvalue weighted by Crippen LogP contribution is 2.40. The first-order valence-electron chi connectivity index (χ1n) is 8.31. The number of rotatable bonds is 4. The Hall–Kier alpha value is -2.27. The molecule has 0 spiro atoms. The zero-order valence-electron chi connectivity index (χ0n) is 14.1. The van der Waals surface area contributed by atoms with Gasteiger partial charge >= 0.3 is 0 Å². The lowest BCUT2D eigenvalue weighted by Crippen LogP contribution is -1.82. The summed E-state index contributed by atoms with van der Waals surface area (Å²) in [6, 6.07) is 26.0. The third kappa shape index (κ3) is 4.35. The molecule has 0 atom stereocenters. The normalized spacial score (nSPS) is 11.2. The van der Waals surface area contributed by atoms with Crippen molar-refractivity contribution in [2.45, 2.75) is 0 Å². The van der Waals surface area contributed by atoms with Gasteiger partial charge in [-0.05, 0) is 35.4 Å². The zero-order valence-corrected chi connectivity index (χ0v) is 17.3. The van der Waals surface area contributed by atoms with Gasteiger partial charge in [0, 0.05) is 21.3 Å². The van der Waals surface area contributed by atoms with Crippen molar-refractivity contribution < 1.29 is 0 Å². The predicted octanol–water partition coefficient (Wildman–Crippen LogP) is 7.64. The lowest BCUT2D eigenvalue weighted by molar-refractivity contribution is 1.36. The van der Waals surface area contributed by atoms with Crippen LogP contribution in [0.1, 0.15) is 5.56 Å². The first-order chi connectivity index (χ1) is 13.2. The number of aliphatic imine (C=N–C) groups is 1. The van der Waals surface area contributed by atoms with E-state index in [1.54, 1.807) is 11.3 Å². The molecule has 4 aromatic rings. The van der Waals surface area contributed by atoms with E-state index in [0.717, 1.165) is 36.9 Å². The molecule has 0 bridgehead atoms. The van der Waals surface area contributed by atoms with E-state index in [9.17, 15) is 0 Å². The van der Waals surface area contributed by atoms with Gasteiger partial charge in [0.2, 0.25) is 5.13 Å². The number of thiazole rings is 1. The Kier molecular flexibility index (Phi) is 5.48. The smallest absolute Gasteiger partial charge is 0.210 e. The molecule has 1 heterocycles. The van der Waals surface area contributed by atoms with Crippen LogP contribution < -0.4 is 0 Å². The van der Waals surface area contributed by atoms with Gasteiger partial charge in [0.1, 0.15) is 0 Å². The lowest BCUT2D eigenvalue weighted by atomic mass is 10.1. The highest BCUT2D eigenvalue weighted by Gasteiger charge is 2.14. The average molecular weight is 454 g/mol. The van der Waals surface area contributed by atoms with Crippen molar-refractivity contribution in [1.29, 1.82) is 0 Å². The maximum Gasteiger partial charge on any atom is 0.210 e. The highest BCUT2D eigenvalue weighted by atomic mass is 79.9. The monoisotopic (exact) mass is 452 g/mol. The first-order valence-corrected chi connectivity index (χ1v) is 10.3. The molecule has 0 aliphatic carbocycles. The number of aromatic nitrogens is 1. The molecule has 0 amide bonds. The van der Waals surface area contributed by atoms with E-state index in [-0.39, 0.29) is 0 Å². The van der Waals surface area contributed by atoms with Crippen molar-refractivity contribution in [3.05, 3.63) is 93.9 Å². The minimum absolute atomic E-state index is 0.711. The van der Waals surface area contributed by atoms with Crippen LogP contribution in [0.2, 0.25) is 5.02 Å².